The Labute approximate surface area is 235 Å². The summed E-state index contributed by atoms with van der Waals surface area (Å²) in [6.45, 7) is 20.5. The number of carbonyl (C=O) groups is 2. The number of likely N-dealkylation sites (tertiary alicyclic amines) is 2. The Morgan fingerprint density at radius 3 is 2.21 bits per heavy atom. The fourth-order valence-corrected chi connectivity index (χ4v) is 6.18. The number of piperidine rings is 1. The molecule has 0 saturated carbocycles. The van der Waals surface area contributed by atoms with Gasteiger partial charge in [-0.3, -0.25) is 14.6 Å². The van der Waals surface area contributed by atoms with Crippen LogP contribution < -0.4 is 4.90 Å². The van der Waals surface area contributed by atoms with Crippen LogP contribution in [0, 0.1) is 6.92 Å². The standard InChI is InChI=1S/C31H50N4O4/c1-22-10-11-23(18-32(9)31(8)12-14-33(15-13-31)28(37)39-30(5,6)7)26(16-22)35-20-24-17-25(35)19-34(24)21-27(36)38-29(2,3)4/h10-11,16,24-25H,12-15,17-21H2,1-9H3. The van der Waals surface area contributed by atoms with Crippen molar-refractivity contribution >= 4 is 17.7 Å². The van der Waals surface area contributed by atoms with Gasteiger partial charge in [0.25, 0.3) is 0 Å². The van der Waals surface area contributed by atoms with E-state index in [1.165, 1.54) is 16.8 Å². The van der Waals surface area contributed by atoms with Crippen LogP contribution in [0.15, 0.2) is 18.2 Å². The van der Waals surface area contributed by atoms with Crippen molar-refractivity contribution in [2.45, 2.75) is 110 Å². The second kappa shape index (κ2) is 10.9. The fraction of sp³-hybridized carbons (Fsp3) is 0.742. The molecule has 0 N–H and O–H groups in total. The Morgan fingerprint density at radius 1 is 1.00 bits per heavy atom. The summed E-state index contributed by atoms with van der Waals surface area (Å²) in [6, 6.07) is 7.61. The van der Waals surface area contributed by atoms with Crippen molar-refractivity contribution in [3.05, 3.63) is 29.3 Å². The van der Waals surface area contributed by atoms with E-state index in [9.17, 15) is 9.59 Å². The van der Waals surface area contributed by atoms with Gasteiger partial charge in [-0.05, 0) is 98.9 Å². The molecule has 2 bridgehead atoms. The zero-order valence-electron chi connectivity index (χ0n) is 25.7. The SMILES string of the molecule is Cc1ccc(CN(C)C2(C)CCN(C(=O)OC(C)(C)C)CC2)c(N2CC3CC2CN3CC(=O)OC(C)(C)C)c1. The Morgan fingerprint density at radius 2 is 1.64 bits per heavy atom. The molecule has 1 aromatic carbocycles. The summed E-state index contributed by atoms with van der Waals surface area (Å²) in [5, 5.41) is 0. The maximum absolute atomic E-state index is 12.6. The van der Waals surface area contributed by atoms with Gasteiger partial charge in [-0.2, -0.15) is 0 Å². The van der Waals surface area contributed by atoms with E-state index in [0.29, 0.717) is 31.7 Å². The summed E-state index contributed by atoms with van der Waals surface area (Å²) < 4.78 is 11.2. The van der Waals surface area contributed by atoms with Crippen LogP contribution in [0.5, 0.6) is 0 Å². The van der Waals surface area contributed by atoms with Gasteiger partial charge in [-0.1, -0.05) is 12.1 Å². The highest BCUT2D eigenvalue weighted by Crippen LogP contribution is 2.38. The molecule has 2 atom stereocenters. The molecular weight excluding hydrogens is 492 g/mol. The Balaban J connectivity index is 1.38. The number of anilines is 1. The monoisotopic (exact) mass is 542 g/mol. The van der Waals surface area contributed by atoms with Crippen LogP contribution in [0.3, 0.4) is 0 Å². The van der Waals surface area contributed by atoms with Crippen molar-refractivity contribution in [3.63, 3.8) is 0 Å². The first-order valence-corrected chi connectivity index (χ1v) is 14.5. The molecule has 3 aliphatic heterocycles. The average molecular weight is 543 g/mol. The quantitative estimate of drug-likeness (QED) is 0.478. The molecule has 0 radical (unpaired) electrons. The lowest BCUT2D eigenvalue weighted by Crippen LogP contribution is -2.53. The molecule has 0 aliphatic carbocycles. The van der Waals surface area contributed by atoms with Crippen molar-refractivity contribution in [2.24, 2.45) is 0 Å². The number of piperazine rings is 1. The van der Waals surface area contributed by atoms with Crippen LogP contribution in [0.1, 0.15) is 78.9 Å². The van der Waals surface area contributed by atoms with Crippen LogP contribution in [0.2, 0.25) is 0 Å². The van der Waals surface area contributed by atoms with Crippen LogP contribution >= 0.6 is 0 Å². The predicted molar refractivity (Wildman–Crippen MR) is 155 cm³/mol. The summed E-state index contributed by atoms with van der Waals surface area (Å²) in [5.74, 6) is -0.134. The van der Waals surface area contributed by atoms with E-state index >= 15 is 0 Å². The lowest BCUT2D eigenvalue weighted by molar-refractivity contribution is -0.156. The molecule has 3 heterocycles. The third-order valence-electron chi connectivity index (χ3n) is 8.48. The summed E-state index contributed by atoms with van der Waals surface area (Å²) in [5.41, 5.74) is 3.01. The number of rotatable bonds is 6. The second-order valence-electron chi connectivity index (χ2n) is 14.2. The number of esters is 1. The topological polar surface area (TPSA) is 65.6 Å². The first kappa shape index (κ1) is 29.7. The highest BCUT2D eigenvalue weighted by Gasteiger charge is 2.45. The van der Waals surface area contributed by atoms with E-state index in [0.717, 1.165) is 38.9 Å². The van der Waals surface area contributed by atoms with E-state index in [2.05, 4.69) is 53.8 Å². The van der Waals surface area contributed by atoms with Crippen LogP contribution in [-0.4, -0.2) is 95.4 Å². The predicted octanol–water partition coefficient (Wildman–Crippen LogP) is 4.82. The van der Waals surface area contributed by atoms with E-state index in [-0.39, 0.29) is 17.6 Å². The van der Waals surface area contributed by atoms with Gasteiger partial charge < -0.3 is 19.3 Å². The highest BCUT2D eigenvalue weighted by molar-refractivity contribution is 5.72. The minimum atomic E-state index is -0.474. The first-order chi connectivity index (χ1) is 18.0. The summed E-state index contributed by atoms with van der Waals surface area (Å²) >= 11 is 0. The van der Waals surface area contributed by atoms with Gasteiger partial charge in [-0.25, -0.2) is 4.79 Å². The zero-order valence-corrected chi connectivity index (χ0v) is 25.7. The largest absolute Gasteiger partial charge is 0.459 e. The van der Waals surface area contributed by atoms with E-state index in [1.54, 1.807) is 0 Å². The van der Waals surface area contributed by atoms with Gasteiger partial charge in [0.1, 0.15) is 11.2 Å². The van der Waals surface area contributed by atoms with E-state index in [1.807, 2.05) is 46.4 Å². The second-order valence-corrected chi connectivity index (χ2v) is 14.2. The third kappa shape index (κ3) is 7.26. The lowest BCUT2D eigenvalue weighted by Gasteiger charge is -2.45. The van der Waals surface area contributed by atoms with Gasteiger partial charge in [0, 0.05) is 56.0 Å². The summed E-state index contributed by atoms with van der Waals surface area (Å²) in [7, 11) is 2.21. The number of benzene rings is 1. The Hall–Kier alpha value is -2.32. The number of nitrogens with zero attached hydrogens (tertiary/aromatic N) is 4. The van der Waals surface area contributed by atoms with Gasteiger partial charge in [-0.15, -0.1) is 0 Å². The third-order valence-corrected chi connectivity index (χ3v) is 8.48. The molecule has 8 nitrogen and oxygen atoms in total. The van der Waals surface area contributed by atoms with Crippen molar-refractivity contribution in [3.8, 4) is 0 Å². The highest BCUT2D eigenvalue weighted by atomic mass is 16.6. The Bertz CT molecular complexity index is 1050. The van der Waals surface area contributed by atoms with Crippen LogP contribution in [-0.2, 0) is 20.8 Å². The summed E-state index contributed by atoms with van der Waals surface area (Å²) in [6.07, 6.45) is 2.71. The smallest absolute Gasteiger partial charge is 0.410 e. The maximum atomic E-state index is 12.6. The van der Waals surface area contributed by atoms with Crippen molar-refractivity contribution in [1.29, 1.82) is 0 Å². The minimum absolute atomic E-state index is 0.00883. The first-order valence-electron chi connectivity index (χ1n) is 14.5. The minimum Gasteiger partial charge on any atom is -0.459 e. The van der Waals surface area contributed by atoms with Gasteiger partial charge in [0.2, 0.25) is 0 Å². The van der Waals surface area contributed by atoms with Gasteiger partial charge >= 0.3 is 12.1 Å². The number of ether oxygens (including phenoxy) is 2. The van der Waals surface area contributed by atoms with Crippen LogP contribution in [0.25, 0.3) is 0 Å². The molecule has 39 heavy (non-hydrogen) atoms. The average Bonchev–Trinajstić information content (AvgIpc) is 3.38. The van der Waals surface area contributed by atoms with Gasteiger partial charge in [0.15, 0.2) is 0 Å². The molecule has 0 aromatic heterocycles. The molecule has 1 amide bonds. The zero-order chi connectivity index (χ0) is 28.8. The maximum Gasteiger partial charge on any atom is 0.410 e. The molecule has 2 unspecified atom stereocenters. The van der Waals surface area contributed by atoms with Crippen molar-refractivity contribution in [1.82, 2.24) is 14.7 Å². The van der Waals surface area contributed by atoms with Crippen molar-refractivity contribution < 1.29 is 19.1 Å². The number of hydrogen-bond donors (Lipinski definition) is 0. The molecule has 3 fully saturated rings. The molecule has 0 spiro atoms. The molecule has 4 rings (SSSR count). The fourth-order valence-electron chi connectivity index (χ4n) is 6.18. The lowest BCUT2D eigenvalue weighted by atomic mass is 9.87. The van der Waals surface area contributed by atoms with Crippen LogP contribution in [0.4, 0.5) is 10.5 Å². The number of amides is 1. The van der Waals surface area contributed by atoms with Crippen molar-refractivity contribution in [2.75, 3.05) is 44.7 Å². The number of hydrogen-bond acceptors (Lipinski definition) is 7. The van der Waals surface area contributed by atoms with Gasteiger partial charge in [0.05, 0.1) is 6.54 Å². The van der Waals surface area contributed by atoms with E-state index < -0.39 is 11.2 Å². The number of fused-ring (bicyclic) bond motifs is 2. The molecular formula is C31H50N4O4. The normalized spacial score (nSPS) is 23.4. The summed E-state index contributed by atoms with van der Waals surface area (Å²) in [4.78, 5) is 34.2. The molecule has 3 aliphatic rings. The molecule has 3 saturated heterocycles. The van der Waals surface area contributed by atoms with E-state index in [4.69, 9.17) is 9.47 Å². The molecule has 218 valence electrons. The molecule has 8 heteroatoms. The number of carbonyl (C=O) groups excluding carboxylic acids is 2. The molecule has 1 aromatic rings. The Kier molecular flexibility index (Phi) is 8.31. The number of aryl methyl sites for hydroxylation is 1.